The SMILES string of the molecule is CC(C)CCNC(=O)NCCOc1ccc(F)c(F)c1. The molecule has 0 aliphatic heterocycles. The van der Waals surface area contributed by atoms with E-state index >= 15 is 0 Å². The fourth-order valence-corrected chi connectivity index (χ4v) is 1.44. The quantitative estimate of drug-likeness (QED) is 0.757. The molecule has 0 radical (unpaired) electrons. The molecular weight excluding hydrogens is 266 g/mol. The van der Waals surface area contributed by atoms with Gasteiger partial charge in [-0.25, -0.2) is 13.6 Å². The Bertz CT molecular complexity index is 439. The summed E-state index contributed by atoms with van der Waals surface area (Å²) in [4.78, 5) is 11.3. The van der Waals surface area contributed by atoms with E-state index in [1.165, 1.54) is 6.07 Å². The summed E-state index contributed by atoms with van der Waals surface area (Å²) in [6, 6.07) is 3.04. The molecule has 6 heteroatoms. The molecular formula is C14H20F2N2O2. The van der Waals surface area contributed by atoms with E-state index in [2.05, 4.69) is 24.5 Å². The Morgan fingerprint density at radius 2 is 1.90 bits per heavy atom. The van der Waals surface area contributed by atoms with Crippen molar-refractivity contribution in [1.82, 2.24) is 10.6 Å². The van der Waals surface area contributed by atoms with E-state index in [9.17, 15) is 13.6 Å². The highest BCUT2D eigenvalue weighted by atomic mass is 19.2. The first kappa shape index (κ1) is 16.2. The highest BCUT2D eigenvalue weighted by molar-refractivity contribution is 5.73. The van der Waals surface area contributed by atoms with Crippen LogP contribution in [-0.2, 0) is 0 Å². The minimum Gasteiger partial charge on any atom is -0.492 e. The number of ether oxygens (including phenoxy) is 1. The molecule has 2 N–H and O–H groups in total. The largest absolute Gasteiger partial charge is 0.492 e. The van der Waals surface area contributed by atoms with Crippen LogP contribution >= 0.6 is 0 Å². The van der Waals surface area contributed by atoms with E-state index in [-0.39, 0.29) is 24.9 Å². The zero-order valence-electron chi connectivity index (χ0n) is 11.7. The molecule has 0 fully saturated rings. The van der Waals surface area contributed by atoms with Gasteiger partial charge in [-0.3, -0.25) is 0 Å². The van der Waals surface area contributed by atoms with Crippen LogP contribution in [0.25, 0.3) is 0 Å². The number of benzene rings is 1. The van der Waals surface area contributed by atoms with Crippen LogP contribution in [0.3, 0.4) is 0 Å². The first-order valence-electron chi connectivity index (χ1n) is 6.58. The summed E-state index contributed by atoms with van der Waals surface area (Å²) in [5, 5.41) is 5.32. The number of nitrogens with one attached hydrogen (secondary N) is 2. The normalized spacial score (nSPS) is 10.4. The molecule has 0 saturated carbocycles. The second kappa shape index (κ2) is 8.35. The van der Waals surface area contributed by atoms with Gasteiger partial charge in [0, 0.05) is 12.6 Å². The average molecular weight is 286 g/mol. The highest BCUT2D eigenvalue weighted by Gasteiger charge is 2.04. The maximum absolute atomic E-state index is 12.9. The van der Waals surface area contributed by atoms with Gasteiger partial charge in [-0.05, 0) is 24.5 Å². The summed E-state index contributed by atoms with van der Waals surface area (Å²) >= 11 is 0. The van der Waals surface area contributed by atoms with Gasteiger partial charge in [-0.1, -0.05) is 13.8 Å². The minimum absolute atomic E-state index is 0.183. The van der Waals surface area contributed by atoms with Crippen LogP contribution in [0.4, 0.5) is 13.6 Å². The molecule has 0 aliphatic carbocycles. The number of carbonyl (C=O) groups excluding carboxylic acids is 1. The molecule has 4 nitrogen and oxygen atoms in total. The monoisotopic (exact) mass is 286 g/mol. The molecule has 0 bridgehead atoms. The second-order valence-corrected chi connectivity index (χ2v) is 4.79. The third-order valence-corrected chi connectivity index (χ3v) is 2.55. The molecule has 112 valence electrons. The zero-order valence-corrected chi connectivity index (χ0v) is 11.7. The van der Waals surface area contributed by atoms with E-state index in [4.69, 9.17) is 4.74 Å². The van der Waals surface area contributed by atoms with Crippen molar-refractivity contribution in [3.8, 4) is 5.75 Å². The van der Waals surface area contributed by atoms with Crippen LogP contribution in [0, 0.1) is 17.6 Å². The van der Waals surface area contributed by atoms with Crippen LogP contribution in [0.15, 0.2) is 18.2 Å². The summed E-state index contributed by atoms with van der Waals surface area (Å²) in [6.07, 6.45) is 0.915. The van der Waals surface area contributed by atoms with Gasteiger partial charge in [-0.2, -0.15) is 0 Å². The van der Waals surface area contributed by atoms with Crippen molar-refractivity contribution in [2.24, 2.45) is 5.92 Å². The Kier molecular flexibility index (Phi) is 6.76. The van der Waals surface area contributed by atoms with Crippen LogP contribution in [0.5, 0.6) is 5.75 Å². The number of rotatable bonds is 7. The predicted molar refractivity (Wildman–Crippen MR) is 72.7 cm³/mol. The highest BCUT2D eigenvalue weighted by Crippen LogP contribution is 2.14. The molecule has 1 aromatic rings. The Morgan fingerprint density at radius 3 is 2.55 bits per heavy atom. The second-order valence-electron chi connectivity index (χ2n) is 4.79. The fraction of sp³-hybridized carbons (Fsp3) is 0.500. The van der Waals surface area contributed by atoms with Gasteiger partial charge >= 0.3 is 6.03 Å². The average Bonchev–Trinajstić information content (AvgIpc) is 2.38. The van der Waals surface area contributed by atoms with Crippen molar-refractivity contribution in [1.29, 1.82) is 0 Å². The lowest BCUT2D eigenvalue weighted by molar-refractivity contribution is 0.236. The Hall–Kier alpha value is -1.85. The van der Waals surface area contributed by atoms with E-state index in [1.807, 2.05) is 0 Å². The van der Waals surface area contributed by atoms with Gasteiger partial charge in [0.05, 0.1) is 6.54 Å². The van der Waals surface area contributed by atoms with Gasteiger partial charge in [0.15, 0.2) is 11.6 Å². The summed E-state index contributed by atoms with van der Waals surface area (Å²) in [5.41, 5.74) is 0. The zero-order chi connectivity index (χ0) is 15.0. The van der Waals surface area contributed by atoms with Gasteiger partial charge in [0.1, 0.15) is 12.4 Å². The van der Waals surface area contributed by atoms with Gasteiger partial charge in [0.2, 0.25) is 0 Å². The van der Waals surface area contributed by atoms with Gasteiger partial charge in [0.25, 0.3) is 0 Å². The third kappa shape index (κ3) is 6.36. The smallest absolute Gasteiger partial charge is 0.314 e. The molecule has 1 aromatic carbocycles. The molecule has 0 unspecified atom stereocenters. The first-order chi connectivity index (χ1) is 9.49. The lowest BCUT2D eigenvalue weighted by atomic mass is 10.1. The Morgan fingerprint density at radius 1 is 1.20 bits per heavy atom. The van der Waals surface area contributed by atoms with Gasteiger partial charge < -0.3 is 15.4 Å². The minimum atomic E-state index is -0.957. The number of urea groups is 1. The molecule has 0 atom stereocenters. The number of hydrogen-bond donors (Lipinski definition) is 2. The van der Waals surface area contributed by atoms with Crippen molar-refractivity contribution >= 4 is 6.03 Å². The molecule has 0 spiro atoms. The summed E-state index contributed by atoms with van der Waals surface area (Å²) in [7, 11) is 0. The Balaban J connectivity index is 2.15. The molecule has 1 rings (SSSR count). The summed E-state index contributed by atoms with van der Waals surface area (Å²) in [5.74, 6) is -1.11. The van der Waals surface area contributed by atoms with Crippen molar-refractivity contribution in [3.05, 3.63) is 29.8 Å². The number of halogens is 2. The van der Waals surface area contributed by atoms with Crippen LogP contribution in [0.2, 0.25) is 0 Å². The molecule has 0 aromatic heterocycles. The Labute approximate surface area is 117 Å². The van der Waals surface area contributed by atoms with Crippen molar-refractivity contribution in [2.75, 3.05) is 19.7 Å². The predicted octanol–water partition coefficient (Wildman–Crippen LogP) is 2.69. The number of carbonyl (C=O) groups is 1. The van der Waals surface area contributed by atoms with E-state index < -0.39 is 11.6 Å². The van der Waals surface area contributed by atoms with E-state index in [0.717, 1.165) is 18.6 Å². The lowest BCUT2D eigenvalue weighted by Crippen LogP contribution is -2.38. The third-order valence-electron chi connectivity index (χ3n) is 2.55. The van der Waals surface area contributed by atoms with E-state index in [0.29, 0.717) is 12.5 Å². The van der Waals surface area contributed by atoms with Crippen molar-refractivity contribution in [2.45, 2.75) is 20.3 Å². The topological polar surface area (TPSA) is 50.4 Å². The fourth-order valence-electron chi connectivity index (χ4n) is 1.44. The van der Waals surface area contributed by atoms with Crippen LogP contribution in [-0.4, -0.2) is 25.7 Å². The van der Waals surface area contributed by atoms with Crippen LogP contribution < -0.4 is 15.4 Å². The maximum atomic E-state index is 12.9. The van der Waals surface area contributed by atoms with E-state index in [1.54, 1.807) is 0 Å². The van der Waals surface area contributed by atoms with Crippen LogP contribution in [0.1, 0.15) is 20.3 Å². The van der Waals surface area contributed by atoms with Crippen molar-refractivity contribution < 1.29 is 18.3 Å². The molecule has 0 saturated heterocycles. The molecule has 2 amide bonds. The number of amides is 2. The standard InChI is InChI=1S/C14H20F2N2O2/c1-10(2)5-6-17-14(19)18-7-8-20-11-3-4-12(15)13(16)9-11/h3-4,9-10H,5-8H2,1-2H3,(H2,17,18,19). The lowest BCUT2D eigenvalue weighted by Gasteiger charge is -2.10. The van der Waals surface area contributed by atoms with Gasteiger partial charge in [-0.15, -0.1) is 0 Å². The first-order valence-corrected chi connectivity index (χ1v) is 6.58. The summed E-state index contributed by atoms with van der Waals surface area (Å²) in [6.45, 7) is 5.24. The number of hydrogen-bond acceptors (Lipinski definition) is 2. The molecule has 0 heterocycles. The summed E-state index contributed by atoms with van der Waals surface area (Å²) < 4.78 is 30.7. The van der Waals surface area contributed by atoms with Crippen molar-refractivity contribution in [3.63, 3.8) is 0 Å². The molecule has 0 aliphatic rings. The molecule has 20 heavy (non-hydrogen) atoms. The maximum Gasteiger partial charge on any atom is 0.314 e.